The van der Waals surface area contributed by atoms with E-state index in [-0.39, 0.29) is 27.9 Å². The van der Waals surface area contributed by atoms with E-state index in [2.05, 4.69) is 30.9 Å². The fourth-order valence-electron chi connectivity index (χ4n) is 5.04. The Morgan fingerprint density at radius 2 is 2.08 bits per heavy atom. The van der Waals surface area contributed by atoms with Gasteiger partial charge in [0.05, 0.1) is 28.0 Å². The first-order chi connectivity index (χ1) is 19.3. The van der Waals surface area contributed by atoms with Crippen LogP contribution >= 0.6 is 11.6 Å². The minimum Gasteiger partial charge on any atom is -0.618 e. The normalized spacial score (nSPS) is 14.7. The average molecular weight is 564 g/mol. The van der Waals surface area contributed by atoms with Crippen LogP contribution in [0.3, 0.4) is 0 Å². The van der Waals surface area contributed by atoms with Crippen molar-refractivity contribution in [3.8, 4) is 27.9 Å². The highest BCUT2D eigenvalue weighted by atomic mass is 35.5. The summed E-state index contributed by atoms with van der Waals surface area (Å²) in [5, 5.41) is 31.3. The smallest absolute Gasteiger partial charge is 0.222 e. The zero-order chi connectivity index (χ0) is 28.0. The number of carbonyl (C=O) groups is 1. The summed E-state index contributed by atoms with van der Waals surface area (Å²) in [6, 6.07) is 7.33. The first-order valence-electron chi connectivity index (χ1n) is 12.3. The van der Waals surface area contributed by atoms with Crippen molar-refractivity contribution in [1.29, 1.82) is 0 Å². The highest BCUT2D eigenvalue weighted by Gasteiger charge is 2.32. The number of hydrogen-bond donors (Lipinski definition) is 1. The molecule has 1 unspecified atom stereocenters. The van der Waals surface area contributed by atoms with Crippen molar-refractivity contribution in [3.63, 3.8) is 0 Å². The van der Waals surface area contributed by atoms with Gasteiger partial charge in [-0.25, -0.2) is 9.37 Å². The average Bonchev–Trinajstić information content (AvgIpc) is 3.62. The van der Waals surface area contributed by atoms with E-state index in [1.54, 1.807) is 23.0 Å². The van der Waals surface area contributed by atoms with Crippen LogP contribution in [0.25, 0.3) is 27.9 Å². The first kappa shape index (κ1) is 25.5. The zero-order valence-electron chi connectivity index (χ0n) is 20.9. The number of rotatable bonds is 5. The largest absolute Gasteiger partial charge is 0.618 e. The van der Waals surface area contributed by atoms with Crippen molar-refractivity contribution >= 4 is 23.3 Å². The monoisotopic (exact) mass is 563 g/mol. The van der Waals surface area contributed by atoms with Crippen LogP contribution in [0.4, 0.5) is 14.6 Å². The van der Waals surface area contributed by atoms with Gasteiger partial charge in [-0.15, -0.1) is 5.10 Å². The quantitative estimate of drug-likeness (QED) is 0.194. The number of tetrazole rings is 1. The maximum absolute atomic E-state index is 15.3. The van der Waals surface area contributed by atoms with Crippen LogP contribution in [0.5, 0.6) is 0 Å². The van der Waals surface area contributed by atoms with Gasteiger partial charge in [-0.3, -0.25) is 9.48 Å². The van der Waals surface area contributed by atoms with Gasteiger partial charge < -0.3 is 10.5 Å². The lowest BCUT2D eigenvalue weighted by atomic mass is 9.89. The Morgan fingerprint density at radius 1 is 1.23 bits per heavy atom. The Labute approximate surface area is 230 Å². The summed E-state index contributed by atoms with van der Waals surface area (Å²) in [7, 11) is 0. The molecule has 5 aromatic rings. The molecule has 0 fully saturated rings. The number of anilines is 1. The lowest BCUT2D eigenvalue weighted by molar-refractivity contribution is -0.616. The molecule has 1 aliphatic rings. The van der Waals surface area contributed by atoms with E-state index in [4.69, 9.17) is 11.6 Å². The molecular formula is C26H20ClF2N9O2. The molecule has 4 heterocycles. The third-order valence-electron chi connectivity index (χ3n) is 6.73. The minimum absolute atomic E-state index is 0.0985. The van der Waals surface area contributed by atoms with Crippen molar-refractivity contribution in [1.82, 2.24) is 35.0 Å². The molecule has 11 nitrogen and oxygen atoms in total. The standard InChI is InChI=1S/C26H20ClF2N9O2/c1-14(39)32-22-8-5-18(26(29)33-22)17-10-31-36(11-17)21-4-2-3-15-9-16(12-38(40)25(15)21)23-20(37-13-30-34-35-37)7-6-19(27)24(23)28/h5-13,21H,2-4H2,1H3,(H,32,33,39). The Bertz CT molecular complexity index is 1760. The Hall–Kier alpha value is -4.78. The molecular weight excluding hydrogens is 544 g/mol. The van der Waals surface area contributed by atoms with Gasteiger partial charge in [-0.05, 0) is 60.0 Å². The molecule has 1 atom stereocenters. The van der Waals surface area contributed by atoms with Crippen LogP contribution < -0.4 is 10.0 Å². The molecule has 4 aromatic heterocycles. The van der Waals surface area contributed by atoms with Crippen molar-refractivity contribution in [3.05, 3.63) is 88.5 Å². The first-order valence-corrected chi connectivity index (χ1v) is 12.6. The van der Waals surface area contributed by atoms with E-state index in [0.29, 0.717) is 35.3 Å². The SMILES string of the molecule is CC(=O)Nc1ccc(-c2cnn(C3CCCc4cc(-c5c(-n6cnnn6)ccc(Cl)c5F)c[n+]([O-])c43)c2)c(F)n1. The number of halogens is 3. The number of aryl methyl sites for hydroxylation is 1. The van der Waals surface area contributed by atoms with Crippen LogP contribution in [0.15, 0.2) is 55.2 Å². The molecule has 1 amide bonds. The van der Waals surface area contributed by atoms with E-state index in [1.165, 1.54) is 48.5 Å². The number of aromatic nitrogens is 8. The molecule has 40 heavy (non-hydrogen) atoms. The lowest BCUT2D eigenvalue weighted by Gasteiger charge is -2.25. The molecule has 1 N–H and O–H groups in total. The Balaban J connectivity index is 1.38. The number of amides is 1. The molecule has 0 saturated carbocycles. The van der Waals surface area contributed by atoms with E-state index in [0.717, 1.165) is 16.7 Å². The third-order valence-corrected chi connectivity index (χ3v) is 7.03. The number of carbonyl (C=O) groups excluding carboxylic acids is 1. The minimum atomic E-state index is -0.764. The van der Waals surface area contributed by atoms with Gasteiger partial charge in [-0.1, -0.05) is 11.6 Å². The van der Waals surface area contributed by atoms with Crippen LogP contribution in [0, 0.1) is 17.0 Å². The third kappa shape index (κ3) is 4.53. The molecule has 0 radical (unpaired) electrons. The second kappa shape index (κ2) is 10.1. The number of fused-ring (bicyclic) bond motifs is 1. The van der Waals surface area contributed by atoms with Gasteiger partial charge in [0.15, 0.2) is 12.0 Å². The predicted molar refractivity (Wildman–Crippen MR) is 139 cm³/mol. The van der Waals surface area contributed by atoms with Gasteiger partial charge in [-0.2, -0.15) is 18.9 Å². The van der Waals surface area contributed by atoms with Crippen LogP contribution in [-0.4, -0.2) is 40.9 Å². The van der Waals surface area contributed by atoms with Gasteiger partial charge in [0.2, 0.25) is 17.5 Å². The lowest BCUT2D eigenvalue weighted by Crippen LogP contribution is -2.39. The highest BCUT2D eigenvalue weighted by molar-refractivity contribution is 6.31. The number of nitrogens with one attached hydrogen (secondary N) is 1. The van der Waals surface area contributed by atoms with Gasteiger partial charge in [0.25, 0.3) is 0 Å². The summed E-state index contributed by atoms with van der Waals surface area (Å²) in [5.41, 5.74) is 2.62. The molecule has 0 aliphatic heterocycles. The van der Waals surface area contributed by atoms with Crippen molar-refractivity contribution in [2.24, 2.45) is 0 Å². The second-order valence-corrected chi connectivity index (χ2v) is 9.72. The van der Waals surface area contributed by atoms with Crippen LogP contribution in [0.2, 0.25) is 5.02 Å². The summed E-state index contributed by atoms with van der Waals surface area (Å²) in [6.07, 6.45) is 7.74. The number of nitrogens with zero attached hydrogens (tertiary/aromatic N) is 8. The molecule has 14 heteroatoms. The number of hydrogen-bond acceptors (Lipinski definition) is 7. The van der Waals surface area contributed by atoms with E-state index >= 15 is 4.39 Å². The number of benzene rings is 1. The summed E-state index contributed by atoms with van der Waals surface area (Å²) in [5.74, 6) is -1.72. The van der Waals surface area contributed by atoms with Gasteiger partial charge in [0, 0.05) is 29.8 Å². The maximum atomic E-state index is 15.3. The van der Waals surface area contributed by atoms with Crippen molar-refractivity contribution < 1.29 is 18.3 Å². The molecule has 0 bridgehead atoms. The highest BCUT2D eigenvalue weighted by Crippen LogP contribution is 2.37. The molecule has 1 aromatic carbocycles. The molecule has 202 valence electrons. The second-order valence-electron chi connectivity index (χ2n) is 9.31. The molecule has 0 saturated heterocycles. The fraction of sp³-hybridized carbons (Fsp3) is 0.192. The van der Waals surface area contributed by atoms with Crippen molar-refractivity contribution in [2.45, 2.75) is 32.2 Å². The summed E-state index contributed by atoms with van der Waals surface area (Å²) in [4.78, 5) is 15.0. The molecule has 6 rings (SSSR count). The molecule has 0 spiro atoms. The van der Waals surface area contributed by atoms with Gasteiger partial charge in [0.1, 0.15) is 18.2 Å². The van der Waals surface area contributed by atoms with Crippen LogP contribution in [-0.2, 0) is 11.2 Å². The number of pyridine rings is 2. The zero-order valence-corrected chi connectivity index (χ0v) is 21.7. The Kier molecular flexibility index (Phi) is 6.42. The topological polar surface area (TPSA) is 130 Å². The Morgan fingerprint density at radius 3 is 2.83 bits per heavy atom. The van der Waals surface area contributed by atoms with Crippen molar-refractivity contribution in [2.75, 3.05) is 5.32 Å². The fourth-order valence-corrected chi connectivity index (χ4v) is 5.20. The van der Waals surface area contributed by atoms with E-state index in [1.807, 2.05) is 0 Å². The summed E-state index contributed by atoms with van der Waals surface area (Å²) in [6.45, 7) is 1.31. The van der Waals surface area contributed by atoms with Gasteiger partial charge >= 0.3 is 0 Å². The predicted octanol–water partition coefficient (Wildman–Crippen LogP) is 4.04. The molecule has 1 aliphatic carbocycles. The summed E-state index contributed by atoms with van der Waals surface area (Å²) >= 11 is 6.10. The summed E-state index contributed by atoms with van der Waals surface area (Å²) < 4.78 is 33.7. The van der Waals surface area contributed by atoms with Crippen LogP contribution in [0.1, 0.15) is 37.1 Å². The van der Waals surface area contributed by atoms with E-state index in [9.17, 15) is 14.4 Å². The maximum Gasteiger partial charge on any atom is 0.222 e. The van der Waals surface area contributed by atoms with E-state index < -0.39 is 17.8 Å².